The predicted octanol–water partition coefficient (Wildman–Crippen LogP) is 2.67. The van der Waals surface area contributed by atoms with Gasteiger partial charge in [0.15, 0.2) is 6.29 Å². The quantitative estimate of drug-likeness (QED) is 0.611. The maximum Gasteiger partial charge on any atom is 0.186 e. The number of methoxy groups -OCH3 is 2. The van der Waals surface area contributed by atoms with Crippen molar-refractivity contribution in [1.29, 1.82) is 0 Å². The Kier molecular flexibility index (Phi) is 8.88. The van der Waals surface area contributed by atoms with Crippen LogP contribution in [0.25, 0.3) is 0 Å². The summed E-state index contributed by atoms with van der Waals surface area (Å²) in [5.41, 5.74) is 1.07. The highest BCUT2D eigenvalue weighted by Gasteiger charge is 2.46. The Morgan fingerprint density at radius 2 is 1.70 bits per heavy atom. The standard InChI is InChI=1S/C20H34O6Si/c1-22-18-17(21)16(14-24-13-15-9-7-6-8-10-15)26-20(19(18)23-2)25-11-12-27(3,4)5/h6-10,16-21H,11-14H2,1-5H3/t16-,17-,18+,19-,20+/m1/s1. The first-order chi connectivity index (χ1) is 12.9. The molecule has 1 fully saturated rings. The van der Waals surface area contributed by atoms with Gasteiger partial charge < -0.3 is 28.8 Å². The summed E-state index contributed by atoms with van der Waals surface area (Å²) in [5.74, 6) is 0. The normalized spacial score (nSPS) is 29.0. The summed E-state index contributed by atoms with van der Waals surface area (Å²) in [4.78, 5) is 0. The second-order valence-electron chi connectivity index (χ2n) is 8.12. The molecule has 2 rings (SSSR count). The first-order valence-electron chi connectivity index (χ1n) is 9.48. The zero-order chi connectivity index (χ0) is 19.9. The van der Waals surface area contributed by atoms with Crippen LogP contribution in [0.2, 0.25) is 25.7 Å². The fraction of sp³-hybridized carbons (Fsp3) is 0.700. The average Bonchev–Trinajstić information content (AvgIpc) is 2.63. The Bertz CT molecular complexity index is 535. The van der Waals surface area contributed by atoms with Crippen molar-refractivity contribution in [3.8, 4) is 0 Å². The van der Waals surface area contributed by atoms with Crippen LogP contribution in [0.15, 0.2) is 30.3 Å². The maximum atomic E-state index is 10.6. The summed E-state index contributed by atoms with van der Waals surface area (Å²) >= 11 is 0. The summed E-state index contributed by atoms with van der Waals surface area (Å²) in [6.07, 6.45) is -3.01. The van der Waals surface area contributed by atoms with E-state index in [2.05, 4.69) is 19.6 Å². The Morgan fingerprint density at radius 3 is 2.30 bits per heavy atom. The van der Waals surface area contributed by atoms with Gasteiger partial charge in [0.05, 0.1) is 13.2 Å². The van der Waals surface area contributed by atoms with Crippen molar-refractivity contribution in [2.24, 2.45) is 0 Å². The highest BCUT2D eigenvalue weighted by molar-refractivity contribution is 6.76. The lowest BCUT2D eigenvalue weighted by molar-refractivity contribution is -0.310. The van der Waals surface area contributed by atoms with E-state index in [1.807, 2.05) is 30.3 Å². The molecular formula is C20H34O6Si. The highest BCUT2D eigenvalue weighted by Crippen LogP contribution is 2.27. The summed E-state index contributed by atoms with van der Waals surface area (Å²) in [6.45, 7) is 8.21. The molecular weight excluding hydrogens is 364 g/mol. The Balaban J connectivity index is 1.94. The summed E-state index contributed by atoms with van der Waals surface area (Å²) in [6, 6.07) is 10.9. The SMILES string of the molecule is CO[C@H]1[C@@H](OCC[Si](C)(C)C)O[C@H](COCc2ccccc2)[C@@H](O)[C@@H]1OC. The van der Waals surface area contributed by atoms with Gasteiger partial charge in [0.2, 0.25) is 0 Å². The van der Waals surface area contributed by atoms with Crippen LogP contribution in [0.5, 0.6) is 0 Å². The van der Waals surface area contributed by atoms with E-state index in [1.165, 1.54) is 0 Å². The Morgan fingerprint density at radius 1 is 1.04 bits per heavy atom. The minimum atomic E-state index is -1.21. The number of aliphatic hydroxyl groups excluding tert-OH is 1. The lowest BCUT2D eigenvalue weighted by atomic mass is 9.99. The number of hydrogen-bond donors (Lipinski definition) is 1. The molecule has 0 unspecified atom stereocenters. The molecule has 0 bridgehead atoms. The van der Waals surface area contributed by atoms with Crippen LogP contribution in [-0.2, 0) is 30.3 Å². The van der Waals surface area contributed by atoms with Crippen LogP contribution < -0.4 is 0 Å². The number of hydrogen-bond acceptors (Lipinski definition) is 6. The van der Waals surface area contributed by atoms with E-state index >= 15 is 0 Å². The average molecular weight is 399 g/mol. The van der Waals surface area contributed by atoms with E-state index in [9.17, 15) is 5.11 Å². The topological polar surface area (TPSA) is 66.4 Å². The molecule has 1 heterocycles. The second kappa shape index (κ2) is 10.7. The predicted molar refractivity (Wildman–Crippen MR) is 106 cm³/mol. The monoisotopic (exact) mass is 398 g/mol. The third kappa shape index (κ3) is 6.94. The van der Waals surface area contributed by atoms with Crippen molar-refractivity contribution in [3.05, 3.63) is 35.9 Å². The molecule has 1 aromatic carbocycles. The molecule has 0 radical (unpaired) electrons. The summed E-state index contributed by atoms with van der Waals surface area (Å²) in [7, 11) is 1.92. The molecule has 27 heavy (non-hydrogen) atoms. The number of rotatable bonds is 10. The van der Waals surface area contributed by atoms with Crippen LogP contribution in [0.1, 0.15) is 5.56 Å². The van der Waals surface area contributed by atoms with Gasteiger partial charge in [-0.25, -0.2) is 0 Å². The molecule has 0 spiro atoms. The minimum Gasteiger partial charge on any atom is -0.387 e. The third-order valence-corrected chi connectivity index (χ3v) is 6.39. The van der Waals surface area contributed by atoms with Gasteiger partial charge in [-0.1, -0.05) is 50.0 Å². The van der Waals surface area contributed by atoms with Gasteiger partial charge in [-0.2, -0.15) is 0 Å². The van der Waals surface area contributed by atoms with E-state index < -0.39 is 38.8 Å². The van der Waals surface area contributed by atoms with E-state index in [1.54, 1.807) is 14.2 Å². The molecule has 1 aliphatic rings. The second-order valence-corrected chi connectivity index (χ2v) is 13.7. The number of benzene rings is 1. The molecule has 0 aromatic heterocycles. The van der Waals surface area contributed by atoms with Gasteiger partial charge in [-0.15, -0.1) is 0 Å². The van der Waals surface area contributed by atoms with Crippen LogP contribution >= 0.6 is 0 Å². The van der Waals surface area contributed by atoms with Crippen LogP contribution in [0, 0.1) is 0 Å². The smallest absolute Gasteiger partial charge is 0.186 e. The molecule has 0 amide bonds. The van der Waals surface area contributed by atoms with Crippen molar-refractivity contribution in [1.82, 2.24) is 0 Å². The lowest BCUT2D eigenvalue weighted by Gasteiger charge is -2.43. The lowest BCUT2D eigenvalue weighted by Crippen LogP contribution is -2.60. The van der Waals surface area contributed by atoms with Crippen LogP contribution in [-0.4, -0.2) is 71.3 Å². The molecule has 7 heteroatoms. The van der Waals surface area contributed by atoms with Gasteiger partial charge in [0.25, 0.3) is 0 Å². The molecule has 1 aliphatic heterocycles. The minimum absolute atomic E-state index is 0.250. The van der Waals surface area contributed by atoms with Crippen LogP contribution in [0.4, 0.5) is 0 Å². The molecule has 6 nitrogen and oxygen atoms in total. The highest BCUT2D eigenvalue weighted by atomic mass is 28.3. The zero-order valence-electron chi connectivity index (χ0n) is 17.1. The van der Waals surface area contributed by atoms with Gasteiger partial charge in [-0.05, 0) is 11.6 Å². The van der Waals surface area contributed by atoms with Crippen LogP contribution in [0.3, 0.4) is 0 Å². The van der Waals surface area contributed by atoms with Gasteiger partial charge in [-0.3, -0.25) is 0 Å². The van der Waals surface area contributed by atoms with Gasteiger partial charge in [0, 0.05) is 28.9 Å². The summed E-state index contributed by atoms with van der Waals surface area (Å²) in [5, 5.41) is 10.6. The fourth-order valence-corrected chi connectivity index (χ4v) is 3.76. The van der Waals surface area contributed by atoms with Crippen molar-refractivity contribution >= 4 is 8.07 Å². The van der Waals surface area contributed by atoms with Gasteiger partial charge >= 0.3 is 0 Å². The third-order valence-electron chi connectivity index (χ3n) is 4.69. The summed E-state index contributed by atoms with van der Waals surface area (Å²) < 4.78 is 28.8. The molecule has 1 aromatic rings. The molecule has 5 atom stereocenters. The molecule has 0 aliphatic carbocycles. The largest absolute Gasteiger partial charge is 0.387 e. The van der Waals surface area contributed by atoms with E-state index in [0.29, 0.717) is 13.2 Å². The molecule has 0 saturated carbocycles. The Hall–Kier alpha value is -0.803. The maximum absolute atomic E-state index is 10.6. The zero-order valence-corrected chi connectivity index (χ0v) is 18.1. The van der Waals surface area contributed by atoms with Gasteiger partial charge in [0.1, 0.15) is 24.4 Å². The molecule has 154 valence electrons. The fourth-order valence-electron chi connectivity index (χ4n) is 3.03. The number of ether oxygens (including phenoxy) is 5. The number of aliphatic hydroxyl groups is 1. The van der Waals surface area contributed by atoms with Crippen molar-refractivity contribution in [3.63, 3.8) is 0 Å². The van der Waals surface area contributed by atoms with Crippen molar-refractivity contribution in [2.75, 3.05) is 27.4 Å². The first kappa shape index (κ1) is 22.5. The molecule has 1 saturated heterocycles. The van der Waals surface area contributed by atoms with Crippen molar-refractivity contribution < 1.29 is 28.8 Å². The first-order valence-corrected chi connectivity index (χ1v) is 13.2. The Labute approximate surface area is 163 Å². The van der Waals surface area contributed by atoms with E-state index in [4.69, 9.17) is 23.7 Å². The van der Waals surface area contributed by atoms with E-state index in [-0.39, 0.29) is 6.61 Å². The van der Waals surface area contributed by atoms with E-state index in [0.717, 1.165) is 11.6 Å². The molecule has 1 N–H and O–H groups in total. The van der Waals surface area contributed by atoms with Crippen molar-refractivity contribution in [2.45, 2.75) is 63.0 Å².